The highest BCUT2D eigenvalue weighted by Gasteiger charge is 2.33. The van der Waals surface area contributed by atoms with Crippen molar-refractivity contribution in [1.82, 2.24) is 4.57 Å². The summed E-state index contributed by atoms with van der Waals surface area (Å²) in [5.74, 6) is 1.01. The monoisotopic (exact) mass is 658 g/mol. The summed E-state index contributed by atoms with van der Waals surface area (Å²) in [6.07, 6.45) is 1.67. The number of benzene rings is 2. The van der Waals surface area contributed by atoms with Crippen molar-refractivity contribution in [3.63, 3.8) is 0 Å². The summed E-state index contributed by atoms with van der Waals surface area (Å²) < 4.78 is 24.7. The molecule has 0 fully saturated rings. The first-order valence-electron chi connectivity index (χ1n) is 10.8. The van der Waals surface area contributed by atoms with Crippen molar-refractivity contribution in [1.29, 1.82) is 10.5 Å². The van der Waals surface area contributed by atoms with E-state index in [9.17, 15) is 15.3 Å². The average molecular weight is 660 g/mol. The summed E-state index contributed by atoms with van der Waals surface area (Å²) in [5, 5.41) is 20.3. The van der Waals surface area contributed by atoms with E-state index in [0.717, 1.165) is 11.3 Å². The quantitative estimate of drug-likeness (QED) is 0.426. The van der Waals surface area contributed by atoms with Gasteiger partial charge < -0.3 is 24.7 Å². The number of rotatable bonds is 6. The van der Waals surface area contributed by atoms with E-state index < -0.39 is 11.5 Å². The van der Waals surface area contributed by atoms with Gasteiger partial charge in [-0.2, -0.15) is 10.5 Å². The lowest BCUT2D eigenvalue weighted by atomic mass is 9.84. The summed E-state index contributed by atoms with van der Waals surface area (Å²) in [6.45, 7) is 0. The van der Waals surface area contributed by atoms with Crippen LogP contribution in [0.3, 0.4) is 0 Å². The Balaban J connectivity index is 2.03. The Bertz CT molecular complexity index is 1760. The Kier molecular flexibility index (Phi) is 7.88. The van der Waals surface area contributed by atoms with Crippen LogP contribution in [0.2, 0.25) is 0 Å². The van der Waals surface area contributed by atoms with Crippen molar-refractivity contribution < 1.29 is 18.9 Å². The zero-order chi connectivity index (χ0) is 27.7. The van der Waals surface area contributed by atoms with E-state index in [0.29, 0.717) is 52.3 Å². The minimum absolute atomic E-state index is 0.0354. The van der Waals surface area contributed by atoms with Crippen LogP contribution in [0.15, 0.2) is 43.6 Å². The molecule has 38 heavy (non-hydrogen) atoms. The van der Waals surface area contributed by atoms with Gasteiger partial charge in [0, 0.05) is 0 Å². The fourth-order valence-electron chi connectivity index (χ4n) is 4.26. The van der Waals surface area contributed by atoms with E-state index in [1.54, 1.807) is 30.3 Å². The molecular formula is C26H20Br2N4O5S. The second-order valence-electron chi connectivity index (χ2n) is 7.90. The van der Waals surface area contributed by atoms with E-state index in [1.165, 1.54) is 33.0 Å². The predicted molar refractivity (Wildman–Crippen MR) is 151 cm³/mol. The predicted octanol–water partition coefficient (Wildman–Crippen LogP) is 3.42. The van der Waals surface area contributed by atoms with Crippen LogP contribution >= 0.6 is 43.2 Å². The van der Waals surface area contributed by atoms with Crippen molar-refractivity contribution in [2.45, 2.75) is 5.92 Å². The van der Waals surface area contributed by atoms with Gasteiger partial charge in [0.2, 0.25) is 0 Å². The highest BCUT2D eigenvalue weighted by molar-refractivity contribution is 9.11. The Hall–Kier alpha value is -3.71. The van der Waals surface area contributed by atoms with E-state index in [1.807, 2.05) is 0 Å². The van der Waals surface area contributed by atoms with Crippen LogP contribution < -0.4 is 39.4 Å². The molecule has 0 spiro atoms. The zero-order valence-corrected chi connectivity index (χ0v) is 24.6. The lowest BCUT2D eigenvalue weighted by Crippen LogP contribution is -2.38. The molecule has 1 atom stereocenters. The maximum absolute atomic E-state index is 13.5. The largest absolute Gasteiger partial charge is 0.493 e. The van der Waals surface area contributed by atoms with Crippen molar-refractivity contribution >= 4 is 60.7 Å². The lowest BCUT2D eigenvalue weighted by molar-refractivity contribution is 0.352. The van der Waals surface area contributed by atoms with E-state index >= 15 is 0 Å². The average Bonchev–Trinajstić information content (AvgIpc) is 3.23. The molecule has 12 heteroatoms. The second-order valence-corrected chi connectivity index (χ2v) is 10.6. The molecule has 9 nitrogen and oxygen atoms in total. The van der Waals surface area contributed by atoms with Crippen LogP contribution in [0, 0.1) is 22.7 Å². The molecule has 1 aromatic heterocycles. The van der Waals surface area contributed by atoms with E-state index in [-0.39, 0.29) is 17.0 Å². The molecule has 0 saturated heterocycles. The fourth-order valence-corrected chi connectivity index (χ4v) is 6.63. The van der Waals surface area contributed by atoms with Gasteiger partial charge in [-0.25, -0.2) is 0 Å². The topological polar surface area (TPSA) is 133 Å². The fraction of sp³-hybridized carbons (Fsp3) is 0.192. The van der Waals surface area contributed by atoms with Gasteiger partial charge >= 0.3 is 0 Å². The van der Waals surface area contributed by atoms with Gasteiger partial charge in [0.25, 0.3) is 5.56 Å². The molecule has 0 bridgehead atoms. The smallest absolute Gasteiger partial charge is 0.274 e. The normalized spacial score (nSPS) is 15.0. The summed E-state index contributed by atoms with van der Waals surface area (Å²) >= 11 is 8.04. The summed E-state index contributed by atoms with van der Waals surface area (Å²) in [6, 6.07) is 11.2. The number of nitrogens with zero attached hydrogens (tertiary/aromatic N) is 3. The minimum Gasteiger partial charge on any atom is -0.493 e. The van der Waals surface area contributed by atoms with Crippen molar-refractivity contribution in [2.24, 2.45) is 5.73 Å². The third-order valence-corrected chi connectivity index (χ3v) is 8.22. The van der Waals surface area contributed by atoms with Crippen LogP contribution in [0.5, 0.6) is 23.0 Å². The first-order chi connectivity index (χ1) is 18.2. The third-order valence-electron chi connectivity index (χ3n) is 5.93. The standard InChI is InChI=1S/C26H20Br2N4O5S/c1-34-18-6-12(5-16(27)22(18)36-3)7-20-25(33)32-24(31)14(10-29)21(15(11-30)26(32)38-20)13-8-17(28)23(37-4)19(9-13)35-2/h5-9,21H,31H2,1-4H3/t21-/m0/s1. The maximum Gasteiger partial charge on any atom is 0.274 e. The molecule has 4 rings (SSSR count). The van der Waals surface area contributed by atoms with Crippen LogP contribution in [0.1, 0.15) is 17.0 Å². The SMILES string of the molecule is COc1cc(C=c2sc3n(c2=O)C(N)=C(C#N)[C@H](c2cc(Br)c(OC)c(OC)c2)C=3C#N)cc(Br)c1OC. The number of ether oxygens (including phenoxy) is 4. The van der Waals surface area contributed by atoms with Gasteiger partial charge in [0.15, 0.2) is 23.0 Å². The number of thiazole rings is 1. The number of hydrogen-bond acceptors (Lipinski definition) is 9. The molecule has 0 amide bonds. The number of allylic oxidation sites excluding steroid dienone is 1. The molecule has 0 aliphatic carbocycles. The van der Waals surface area contributed by atoms with Gasteiger partial charge in [-0.15, -0.1) is 11.3 Å². The Morgan fingerprint density at radius 1 is 0.921 bits per heavy atom. The molecule has 0 saturated carbocycles. The number of fused-ring (bicyclic) bond motifs is 1. The molecule has 2 N–H and O–H groups in total. The molecule has 2 heterocycles. The van der Waals surface area contributed by atoms with Crippen LogP contribution in [0.4, 0.5) is 0 Å². The molecule has 194 valence electrons. The molecule has 1 aliphatic heterocycles. The number of nitrogens with two attached hydrogens (primary N) is 1. The Morgan fingerprint density at radius 3 is 2.05 bits per heavy atom. The number of aromatic nitrogens is 1. The molecule has 2 aromatic carbocycles. The Morgan fingerprint density at radius 2 is 1.50 bits per heavy atom. The van der Waals surface area contributed by atoms with E-state index in [4.69, 9.17) is 24.7 Å². The first-order valence-corrected chi connectivity index (χ1v) is 13.3. The number of hydrogen-bond donors (Lipinski definition) is 1. The zero-order valence-electron chi connectivity index (χ0n) is 20.6. The third kappa shape index (κ3) is 4.45. The Labute approximate surface area is 238 Å². The van der Waals surface area contributed by atoms with E-state index in [2.05, 4.69) is 44.0 Å². The summed E-state index contributed by atoms with van der Waals surface area (Å²) in [5.41, 5.74) is 7.49. The maximum atomic E-state index is 13.5. The van der Waals surface area contributed by atoms with Crippen molar-refractivity contribution in [2.75, 3.05) is 28.4 Å². The number of methoxy groups -OCH3 is 4. The summed E-state index contributed by atoms with van der Waals surface area (Å²) in [7, 11) is 6.04. The molecule has 1 aliphatic rings. The summed E-state index contributed by atoms with van der Waals surface area (Å²) in [4.78, 5) is 13.5. The van der Waals surface area contributed by atoms with Gasteiger partial charge in [-0.3, -0.25) is 9.36 Å². The molecule has 3 aromatic rings. The van der Waals surface area contributed by atoms with Crippen molar-refractivity contribution in [3.05, 3.63) is 69.5 Å². The molecular weight excluding hydrogens is 640 g/mol. The second kappa shape index (κ2) is 11.0. The highest BCUT2D eigenvalue weighted by atomic mass is 79.9. The van der Waals surface area contributed by atoms with Crippen LogP contribution in [0.25, 0.3) is 17.5 Å². The van der Waals surface area contributed by atoms with Crippen LogP contribution in [-0.2, 0) is 0 Å². The van der Waals surface area contributed by atoms with Crippen LogP contribution in [-0.4, -0.2) is 33.0 Å². The lowest BCUT2D eigenvalue weighted by Gasteiger charge is -2.23. The van der Waals surface area contributed by atoms with Gasteiger partial charge in [-0.1, -0.05) is 0 Å². The molecule has 0 unspecified atom stereocenters. The van der Waals surface area contributed by atoms with Gasteiger partial charge in [0.1, 0.15) is 10.5 Å². The minimum atomic E-state index is -0.817. The number of halogens is 2. The van der Waals surface area contributed by atoms with Gasteiger partial charge in [-0.05, 0) is 73.3 Å². The van der Waals surface area contributed by atoms with Crippen molar-refractivity contribution in [3.8, 4) is 35.1 Å². The number of nitriles is 2. The highest BCUT2D eigenvalue weighted by Crippen LogP contribution is 2.43. The van der Waals surface area contributed by atoms with Gasteiger partial charge in [0.05, 0.1) is 71.1 Å². The molecule has 0 radical (unpaired) electrons. The first kappa shape index (κ1) is 27.3.